The van der Waals surface area contributed by atoms with Crippen molar-refractivity contribution < 1.29 is 39.4 Å². The number of β-lactam (4-membered cyclic amide) rings is 1. The van der Waals surface area contributed by atoms with Crippen LogP contribution in [0.3, 0.4) is 0 Å². The van der Waals surface area contributed by atoms with Crippen LogP contribution in [0.15, 0.2) is 63.8 Å². The predicted octanol–water partition coefficient (Wildman–Crippen LogP) is 1.58. The number of hydrogen-bond acceptors (Lipinski definition) is 9. The fraction of sp³-hybridized carbons (Fsp3) is 0.360. The molecule has 214 valence electrons. The highest BCUT2D eigenvalue weighted by atomic mass is 35.5. The highest BCUT2D eigenvalue weighted by Gasteiger charge is 2.54. The van der Waals surface area contributed by atoms with Gasteiger partial charge in [-0.05, 0) is 23.8 Å². The fourth-order valence-electron chi connectivity index (χ4n) is 4.13. The number of thioether (sulfide) groups is 3. The summed E-state index contributed by atoms with van der Waals surface area (Å²) in [5.74, 6) is -1.37. The zero-order chi connectivity index (χ0) is 29.0. The fourth-order valence-corrected chi connectivity index (χ4v) is 7.80. The van der Waals surface area contributed by atoms with Crippen LogP contribution < -0.4 is 9.88 Å². The van der Waals surface area contributed by atoms with Gasteiger partial charge in [-0.15, -0.1) is 35.3 Å². The van der Waals surface area contributed by atoms with E-state index in [2.05, 4.69) is 5.32 Å². The minimum Gasteiger partial charge on any atom is -0.477 e. The number of carbonyl (C=O) groups is 3. The number of amides is 2. The number of aliphatic hydroxyl groups excluding tert-OH is 3. The Morgan fingerprint density at radius 3 is 2.40 bits per heavy atom. The van der Waals surface area contributed by atoms with E-state index in [1.54, 1.807) is 42.7 Å². The normalized spacial score (nSPS) is 18.8. The molecule has 2 aromatic rings. The highest BCUT2D eigenvalue weighted by molar-refractivity contribution is 8.01. The van der Waals surface area contributed by atoms with Gasteiger partial charge in [-0.25, -0.2) is 4.79 Å². The van der Waals surface area contributed by atoms with Crippen molar-refractivity contribution in [1.82, 2.24) is 10.2 Å². The summed E-state index contributed by atoms with van der Waals surface area (Å²) in [5, 5.41) is 41.9. The number of fused-ring (bicyclic) bond motifs is 1. The van der Waals surface area contributed by atoms with Gasteiger partial charge in [0.1, 0.15) is 36.9 Å². The molecular weight excluding hydrogens is 621 g/mol. The number of nitrogens with zero attached hydrogens (tertiary/aromatic N) is 2. The van der Waals surface area contributed by atoms with Crippen LogP contribution in [0.4, 0.5) is 0 Å². The van der Waals surface area contributed by atoms with Gasteiger partial charge in [-0.1, -0.05) is 23.2 Å². The lowest BCUT2D eigenvalue weighted by Crippen LogP contribution is -2.70. The predicted molar refractivity (Wildman–Crippen MR) is 153 cm³/mol. The van der Waals surface area contributed by atoms with E-state index < -0.39 is 48.7 Å². The standard InChI is InChI=1S/C25H25Cl2N3O7S3/c26-15-1-2-17(27)18(7-15)39-10-19(34)28-20-22(35)30-21(24(36)37)14(9-40-23(20)30)8-38-16-3-5-29(6-4-16)25(11-31,12-32)13-33/h1-7,20,23,31-33H,8-13H2,(H-,28,34,36,37)/p+1/t20-,23-/m1/s1. The molecule has 1 aromatic heterocycles. The van der Waals surface area contributed by atoms with E-state index in [1.807, 2.05) is 0 Å². The maximum Gasteiger partial charge on any atom is 0.352 e. The first kappa shape index (κ1) is 31.0. The minimum absolute atomic E-state index is 0.0118. The van der Waals surface area contributed by atoms with Gasteiger partial charge in [0.2, 0.25) is 11.4 Å². The van der Waals surface area contributed by atoms with E-state index in [1.165, 1.54) is 44.8 Å². The molecule has 0 unspecified atom stereocenters. The molecule has 2 aliphatic heterocycles. The van der Waals surface area contributed by atoms with Crippen molar-refractivity contribution in [1.29, 1.82) is 0 Å². The van der Waals surface area contributed by atoms with Gasteiger partial charge < -0.3 is 25.7 Å². The van der Waals surface area contributed by atoms with Gasteiger partial charge in [0.15, 0.2) is 12.4 Å². The number of rotatable bonds is 12. The average Bonchev–Trinajstić information content (AvgIpc) is 2.96. The maximum atomic E-state index is 12.9. The summed E-state index contributed by atoms with van der Waals surface area (Å²) in [4.78, 5) is 40.3. The summed E-state index contributed by atoms with van der Waals surface area (Å²) in [5.41, 5.74) is -0.727. The SMILES string of the molecule is O=C(CSc1cc(Cl)ccc1Cl)N[C@@H]1C(=O)N2C(C(=O)O)=C(CSc3cc[n+](C(CO)(CO)CO)cc3)CS[C@H]12. The Kier molecular flexibility index (Phi) is 10.3. The second kappa shape index (κ2) is 13.3. The average molecular weight is 648 g/mol. The van der Waals surface area contributed by atoms with Gasteiger partial charge in [0, 0.05) is 38.5 Å². The number of aromatic nitrogens is 1. The minimum atomic E-state index is -1.23. The van der Waals surface area contributed by atoms with E-state index >= 15 is 0 Å². The zero-order valence-electron chi connectivity index (χ0n) is 20.8. The molecule has 0 aliphatic carbocycles. The summed E-state index contributed by atoms with van der Waals surface area (Å²) in [7, 11) is 0. The van der Waals surface area contributed by atoms with Crippen LogP contribution in [0.1, 0.15) is 0 Å². The number of aliphatic hydroxyl groups is 3. The molecule has 0 spiro atoms. The first-order chi connectivity index (χ1) is 19.1. The number of hydrogen-bond donors (Lipinski definition) is 5. The van der Waals surface area contributed by atoms with Crippen LogP contribution >= 0.6 is 58.5 Å². The quantitative estimate of drug-likeness (QED) is 0.131. The summed E-state index contributed by atoms with van der Waals surface area (Å²) in [6, 6.07) is 7.56. The van der Waals surface area contributed by atoms with Crippen LogP contribution in [0.2, 0.25) is 10.0 Å². The molecule has 2 amide bonds. The molecule has 4 rings (SSSR count). The van der Waals surface area contributed by atoms with Crippen molar-refractivity contribution in [2.45, 2.75) is 26.7 Å². The van der Waals surface area contributed by atoms with E-state index in [0.717, 1.165) is 4.90 Å². The van der Waals surface area contributed by atoms with Crippen molar-refractivity contribution in [3.8, 4) is 0 Å². The summed E-state index contributed by atoms with van der Waals surface area (Å²) in [6.07, 6.45) is 3.24. The molecule has 0 saturated carbocycles. The van der Waals surface area contributed by atoms with Crippen molar-refractivity contribution >= 4 is 76.3 Å². The lowest BCUT2D eigenvalue weighted by molar-refractivity contribution is -0.770. The number of aliphatic carboxylic acids is 1. The molecular formula is C25H26Cl2N3O7S3+. The number of carboxylic acid groups (broad SMARTS) is 1. The molecule has 15 heteroatoms. The van der Waals surface area contributed by atoms with Crippen LogP contribution in [0.25, 0.3) is 0 Å². The number of nitrogens with one attached hydrogen (secondary N) is 1. The maximum absolute atomic E-state index is 12.9. The number of pyridine rings is 1. The van der Waals surface area contributed by atoms with Gasteiger partial charge >= 0.3 is 5.97 Å². The molecule has 10 nitrogen and oxygen atoms in total. The van der Waals surface area contributed by atoms with Gasteiger partial charge in [-0.3, -0.25) is 14.5 Å². The molecule has 5 N–H and O–H groups in total. The third-order valence-corrected chi connectivity index (χ3v) is 10.6. The third kappa shape index (κ3) is 6.41. The van der Waals surface area contributed by atoms with Crippen molar-refractivity contribution in [3.05, 3.63) is 64.0 Å². The second-order valence-electron chi connectivity index (χ2n) is 9.00. The van der Waals surface area contributed by atoms with Crippen LogP contribution in [0.5, 0.6) is 0 Å². The Morgan fingerprint density at radius 2 is 1.77 bits per heavy atom. The summed E-state index contributed by atoms with van der Waals surface area (Å²) < 4.78 is 1.52. The third-order valence-electron chi connectivity index (χ3n) is 6.46. The van der Waals surface area contributed by atoms with E-state index in [4.69, 9.17) is 23.2 Å². The second-order valence-corrected chi connectivity index (χ2v) is 13.0. The van der Waals surface area contributed by atoms with Crippen LogP contribution in [-0.2, 0) is 19.9 Å². The van der Waals surface area contributed by atoms with Crippen molar-refractivity contribution in [2.24, 2.45) is 0 Å². The van der Waals surface area contributed by atoms with Gasteiger partial charge in [-0.2, -0.15) is 4.57 Å². The molecule has 0 bridgehead atoms. The number of halogens is 2. The largest absolute Gasteiger partial charge is 0.477 e. The smallest absolute Gasteiger partial charge is 0.352 e. The Hall–Kier alpha value is -1.97. The molecule has 2 aliphatic rings. The Balaban J connectivity index is 1.38. The van der Waals surface area contributed by atoms with Gasteiger partial charge in [0.25, 0.3) is 5.91 Å². The lowest BCUT2D eigenvalue weighted by Gasteiger charge is -2.49. The van der Waals surface area contributed by atoms with E-state index in [-0.39, 0.29) is 17.4 Å². The number of carbonyl (C=O) groups excluding carboxylic acids is 2. The monoisotopic (exact) mass is 646 g/mol. The zero-order valence-corrected chi connectivity index (χ0v) is 24.8. The van der Waals surface area contributed by atoms with Crippen LogP contribution in [-0.4, -0.2) is 91.6 Å². The van der Waals surface area contributed by atoms with Crippen molar-refractivity contribution in [3.63, 3.8) is 0 Å². The Morgan fingerprint density at radius 1 is 1.10 bits per heavy atom. The first-order valence-corrected chi connectivity index (χ1v) is 15.7. The lowest BCUT2D eigenvalue weighted by atomic mass is 10.0. The van der Waals surface area contributed by atoms with Crippen LogP contribution in [0, 0.1) is 0 Å². The molecule has 1 fully saturated rings. The highest BCUT2D eigenvalue weighted by Crippen LogP contribution is 2.41. The summed E-state index contributed by atoms with van der Waals surface area (Å²) in [6.45, 7) is -1.36. The molecule has 40 heavy (non-hydrogen) atoms. The first-order valence-electron chi connectivity index (χ1n) is 11.9. The molecule has 3 heterocycles. The topological polar surface area (TPSA) is 151 Å². The number of carboxylic acids is 1. The molecule has 1 aromatic carbocycles. The molecule has 1 saturated heterocycles. The molecule has 2 atom stereocenters. The molecule has 0 radical (unpaired) electrons. The Bertz CT molecular complexity index is 1320. The van der Waals surface area contributed by atoms with Crippen molar-refractivity contribution in [2.75, 3.05) is 37.1 Å². The van der Waals surface area contributed by atoms with E-state index in [9.17, 15) is 34.8 Å². The van der Waals surface area contributed by atoms with E-state index in [0.29, 0.717) is 32.0 Å². The Labute approximate surface area is 252 Å². The summed E-state index contributed by atoms with van der Waals surface area (Å²) >= 11 is 16.1. The van der Waals surface area contributed by atoms with Gasteiger partial charge in [0.05, 0.1) is 10.8 Å². The number of benzene rings is 1.